The van der Waals surface area contributed by atoms with Crippen LogP contribution in [-0.2, 0) is 10.5 Å². The number of benzene rings is 2. The van der Waals surface area contributed by atoms with E-state index in [1.54, 1.807) is 24.8 Å². The lowest BCUT2D eigenvalue weighted by molar-refractivity contribution is 0.0520. The van der Waals surface area contributed by atoms with Gasteiger partial charge in [-0.2, -0.15) is 0 Å². The average Bonchev–Trinajstić information content (AvgIpc) is 2.97. The molecule has 1 N–H and O–H groups in total. The van der Waals surface area contributed by atoms with E-state index in [0.29, 0.717) is 17.3 Å². The number of thioether (sulfide) groups is 1. The van der Waals surface area contributed by atoms with Gasteiger partial charge in [-0.1, -0.05) is 35.3 Å². The molecule has 0 aliphatic heterocycles. The van der Waals surface area contributed by atoms with Crippen LogP contribution in [0.5, 0.6) is 0 Å². The summed E-state index contributed by atoms with van der Waals surface area (Å²) >= 11 is 13.9. The molecule has 0 saturated carbocycles. The van der Waals surface area contributed by atoms with Crippen LogP contribution in [0.25, 0.3) is 10.9 Å². The lowest BCUT2D eigenvalue weighted by atomic mass is 10.2. The molecule has 0 unspecified atom stereocenters. The molecule has 24 heavy (non-hydrogen) atoms. The third-order valence-electron chi connectivity index (χ3n) is 3.48. The van der Waals surface area contributed by atoms with Crippen molar-refractivity contribution in [3.8, 4) is 0 Å². The molecule has 0 radical (unpaired) electrons. The number of halogens is 2. The molecule has 0 aliphatic carbocycles. The summed E-state index contributed by atoms with van der Waals surface area (Å²) in [5, 5.41) is 2.31. The Morgan fingerprint density at radius 1 is 1.17 bits per heavy atom. The van der Waals surface area contributed by atoms with Crippen molar-refractivity contribution in [1.29, 1.82) is 0 Å². The van der Waals surface area contributed by atoms with Crippen LogP contribution in [-0.4, -0.2) is 17.6 Å². The summed E-state index contributed by atoms with van der Waals surface area (Å²) in [6.45, 7) is 2.13. The van der Waals surface area contributed by atoms with E-state index in [1.165, 1.54) is 5.56 Å². The number of H-pyrrole nitrogens is 1. The maximum absolute atomic E-state index is 11.8. The monoisotopic (exact) mass is 379 g/mol. The number of nitrogens with one attached hydrogen (secondary N) is 1. The van der Waals surface area contributed by atoms with Crippen molar-refractivity contribution in [2.75, 3.05) is 6.61 Å². The number of carbonyl (C=O) groups is 1. The third kappa shape index (κ3) is 3.89. The zero-order valence-corrected chi connectivity index (χ0v) is 15.3. The molecule has 0 fully saturated rings. The molecule has 0 aliphatic rings. The normalized spacial score (nSPS) is 11.0. The molecule has 3 nitrogen and oxygen atoms in total. The molecule has 124 valence electrons. The predicted octanol–water partition coefficient (Wildman–Crippen LogP) is 5.94. The molecular formula is C18H15Cl2NO2S. The molecule has 3 rings (SSSR count). The Hall–Kier alpha value is -1.62. The van der Waals surface area contributed by atoms with Gasteiger partial charge in [-0.05, 0) is 42.8 Å². The highest BCUT2D eigenvalue weighted by atomic mass is 35.5. The van der Waals surface area contributed by atoms with Gasteiger partial charge in [0.25, 0.3) is 0 Å². The molecule has 2 aromatic carbocycles. The molecule has 0 spiro atoms. The molecule has 6 heteroatoms. The lowest BCUT2D eigenvalue weighted by Gasteiger charge is -2.05. The Morgan fingerprint density at radius 2 is 1.92 bits per heavy atom. The summed E-state index contributed by atoms with van der Waals surface area (Å²) < 4.78 is 5.01. The fourth-order valence-electron chi connectivity index (χ4n) is 2.30. The lowest BCUT2D eigenvalue weighted by Crippen LogP contribution is -2.04. The maximum atomic E-state index is 11.8. The van der Waals surface area contributed by atoms with Crippen molar-refractivity contribution >= 4 is 51.8 Å². The highest BCUT2D eigenvalue weighted by Crippen LogP contribution is 2.34. The smallest absolute Gasteiger partial charge is 0.354 e. The molecule has 0 bridgehead atoms. The van der Waals surface area contributed by atoms with E-state index in [2.05, 4.69) is 4.98 Å². The van der Waals surface area contributed by atoms with Gasteiger partial charge < -0.3 is 9.72 Å². The maximum Gasteiger partial charge on any atom is 0.354 e. The average molecular weight is 380 g/mol. The highest BCUT2D eigenvalue weighted by Gasteiger charge is 2.12. The molecule has 1 aromatic heterocycles. The van der Waals surface area contributed by atoms with Crippen molar-refractivity contribution < 1.29 is 9.53 Å². The van der Waals surface area contributed by atoms with E-state index in [9.17, 15) is 4.79 Å². The van der Waals surface area contributed by atoms with Crippen LogP contribution in [0.15, 0.2) is 47.4 Å². The minimum Gasteiger partial charge on any atom is -0.461 e. The zero-order valence-electron chi connectivity index (χ0n) is 12.9. The fraction of sp³-hybridized carbons (Fsp3) is 0.167. The second-order valence-electron chi connectivity index (χ2n) is 5.19. The van der Waals surface area contributed by atoms with Crippen molar-refractivity contribution in [2.24, 2.45) is 0 Å². The van der Waals surface area contributed by atoms with Crippen LogP contribution in [0.2, 0.25) is 10.0 Å². The zero-order chi connectivity index (χ0) is 17.1. The Labute approximate surface area is 154 Å². The first-order valence-corrected chi connectivity index (χ1v) is 9.17. The Morgan fingerprint density at radius 3 is 2.62 bits per heavy atom. The number of rotatable bonds is 5. The molecule has 0 atom stereocenters. The Bertz CT molecular complexity index is 875. The summed E-state index contributed by atoms with van der Waals surface area (Å²) in [7, 11) is 0. The molecule has 0 amide bonds. The topological polar surface area (TPSA) is 42.1 Å². The van der Waals surface area contributed by atoms with Crippen LogP contribution in [0.4, 0.5) is 0 Å². The molecule has 1 heterocycles. The minimum absolute atomic E-state index is 0.344. The van der Waals surface area contributed by atoms with E-state index in [0.717, 1.165) is 26.6 Å². The number of aromatic amines is 1. The fourth-order valence-corrected chi connectivity index (χ4v) is 3.68. The van der Waals surface area contributed by atoms with E-state index in [-0.39, 0.29) is 5.97 Å². The summed E-state index contributed by atoms with van der Waals surface area (Å²) in [6.07, 6.45) is 0. The first-order chi connectivity index (χ1) is 11.6. The second-order valence-corrected chi connectivity index (χ2v) is 7.05. The molecule has 3 aromatic rings. The number of hydrogen-bond donors (Lipinski definition) is 1. The van der Waals surface area contributed by atoms with Gasteiger partial charge in [-0.15, -0.1) is 11.8 Å². The van der Waals surface area contributed by atoms with Crippen molar-refractivity contribution in [1.82, 2.24) is 4.98 Å². The van der Waals surface area contributed by atoms with Gasteiger partial charge in [0.2, 0.25) is 0 Å². The van der Waals surface area contributed by atoms with Crippen LogP contribution in [0.1, 0.15) is 23.0 Å². The van der Waals surface area contributed by atoms with Gasteiger partial charge in [0.05, 0.1) is 11.6 Å². The quantitative estimate of drug-likeness (QED) is 0.440. The van der Waals surface area contributed by atoms with Gasteiger partial charge in [0, 0.05) is 26.6 Å². The van der Waals surface area contributed by atoms with Crippen LogP contribution >= 0.6 is 35.0 Å². The van der Waals surface area contributed by atoms with E-state index in [4.69, 9.17) is 27.9 Å². The number of ether oxygens (including phenoxy) is 1. The standard InChI is InChI=1S/C18H15Cl2NO2S/c1-2-23-18(22)16-7-12-8-17(14(20)9-15(12)21-16)24-10-11-3-5-13(19)6-4-11/h3-9,21H,2,10H2,1H3. The Kier molecular flexibility index (Phi) is 5.39. The predicted molar refractivity (Wildman–Crippen MR) is 100 cm³/mol. The summed E-state index contributed by atoms with van der Waals surface area (Å²) in [5.41, 5.74) is 2.42. The SMILES string of the molecule is CCOC(=O)c1cc2cc(SCc3ccc(Cl)cc3)c(Cl)cc2[nH]1. The number of hydrogen-bond acceptors (Lipinski definition) is 3. The number of fused-ring (bicyclic) bond motifs is 1. The highest BCUT2D eigenvalue weighted by molar-refractivity contribution is 7.98. The molecular weight excluding hydrogens is 365 g/mol. The summed E-state index contributed by atoms with van der Waals surface area (Å²) in [6, 6.07) is 13.4. The van der Waals surface area contributed by atoms with Gasteiger partial charge in [0.15, 0.2) is 0 Å². The van der Waals surface area contributed by atoms with Crippen LogP contribution < -0.4 is 0 Å². The first-order valence-electron chi connectivity index (χ1n) is 7.43. The van der Waals surface area contributed by atoms with Gasteiger partial charge >= 0.3 is 5.97 Å². The summed E-state index contributed by atoms with van der Waals surface area (Å²) in [4.78, 5) is 15.8. The number of carbonyl (C=O) groups excluding carboxylic acids is 1. The van der Waals surface area contributed by atoms with Gasteiger partial charge in [0.1, 0.15) is 5.69 Å². The van der Waals surface area contributed by atoms with Crippen LogP contribution in [0.3, 0.4) is 0 Å². The third-order valence-corrected chi connectivity index (χ3v) is 5.28. The van der Waals surface area contributed by atoms with Crippen molar-refractivity contribution in [2.45, 2.75) is 17.6 Å². The Balaban J connectivity index is 1.81. The number of aromatic nitrogens is 1. The van der Waals surface area contributed by atoms with E-state index < -0.39 is 0 Å². The summed E-state index contributed by atoms with van der Waals surface area (Å²) in [5.74, 6) is 0.428. The van der Waals surface area contributed by atoms with Crippen molar-refractivity contribution in [3.05, 3.63) is 63.8 Å². The second kappa shape index (κ2) is 7.51. The molecule has 0 saturated heterocycles. The van der Waals surface area contributed by atoms with E-state index in [1.807, 2.05) is 36.4 Å². The minimum atomic E-state index is -0.361. The van der Waals surface area contributed by atoms with E-state index >= 15 is 0 Å². The van der Waals surface area contributed by atoms with Gasteiger partial charge in [-0.25, -0.2) is 4.79 Å². The number of esters is 1. The largest absolute Gasteiger partial charge is 0.461 e. The van der Waals surface area contributed by atoms with Gasteiger partial charge in [-0.3, -0.25) is 0 Å². The van der Waals surface area contributed by atoms with Crippen molar-refractivity contribution in [3.63, 3.8) is 0 Å². The first kappa shape index (κ1) is 17.2. The van der Waals surface area contributed by atoms with Crippen LogP contribution in [0, 0.1) is 0 Å².